The first-order valence-electron chi connectivity index (χ1n) is 25.5. The van der Waals surface area contributed by atoms with Gasteiger partial charge in [0, 0.05) is 67.9 Å². The van der Waals surface area contributed by atoms with Gasteiger partial charge in [0.25, 0.3) is 0 Å². The van der Waals surface area contributed by atoms with Crippen LogP contribution in [0, 0.1) is 0 Å². The van der Waals surface area contributed by atoms with E-state index in [2.05, 4.69) is 207 Å². The van der Waals surface area contributed by atoms with Crippen molar-refractivity contribution in [1.29, 1.82) is 0 Å². The summed E-state index contributed by atoms with van der Waals surface area (Å²) >= 11 is 0. The molecule has 15 rings (SSSR count). The maximum absolute atomic E-state index is 6.99. The van der Waals surface area contributed by atoms with E-state index in [-0.39, 0.29) is 10.8 Å². The van der Waals surface area contributed by atoms with Crippen molar-refractivity contribution in [2.75, 3.05) is 9.80 Å². The summed E-state index contributed by atoms with van der Waals surface area (Å²) in [5.74, 6) is 0. The van der Waals surface area contributed by atoms with Crippen LogP contribution in [0.5, 0.6) is 0 Å². The summed E-state index contributed by atoms with van der Waals surface area (Å²) in [6.07, 6.45) is 0. The third-order valence-corrected chi connectivity index (χ3v) is 15.9. The highest BCUT2D eigenvalue weighted by Gasteiger charge is 2.37. The third kappa shape index (κ3) is 6.64. The second kappa shape index (κ2) is 15.9. The molecule has 2 aliphatic rings. The molecule has 3 aromatic heterocycles. The zero-order chi connectivity index (χ0) is 50.2. The number of hydrogen-bond donors (Lipinski definition) is 0. The highest BCUT2D eigenvalue weighted by atomic mass is 16.3. The Balaban J connectivity index is 0.845. The lowest BCUT2D eigenvalue weighted by Gasteiger charge is -2.28. The first-order valence-corrected chi connectivity index (χ1v) is 25.5. The van der Waals surface area contributed by atoms with Crippen LogP contribution >= 0.6 is 0 Å². The van der Waals surface area contributed by atoms with E-state index in [1.165, 1.54) is 44.5 Å². The number of rotatable bonds is 8. The van der Waals surface area contributed by atoms with Crippen molar-refractivity contribution in [3.05, 3.63) is 241 Å². The van der Waals surface area contributed by atoms with Crippen LogP contribution in [0.3, 0.4) is 0 Å². The fourth-order valence-electron chi connectivity index (χ4n) is 12.0. The average molecular weight is 969 g/mol. The Morgan fingerprint density at radius 3 is 1.04 bits per heavy atom. The van der Waals surface area contributed by atoms with Gasteiger partial charge in [-0.15, -0.1) is 20.4 Å². The minimum Gasteiger partial charge on any atom is -0.456 e. The molecule has 0 bridgehead atoms. The van der Waals surface area contributed by atoms with Crippen molar-refractivity contribution < 1.29 is 4.42 Å². The number of benzene rings is 10. The van der Waals surface area contributed by atoms with Gasteiger partial charge < -0.3 is 14.2 Å². The van der Waals surface area contributed by atoms with Gasteiger partial charge in [-0.1, -0.05) is 113 Å². The fourth-order valence-corrected chi connectivity index (χ4v) is 12.0. The summed E-state index contributed by atoms with van der Waals surface area (Å²) in [6, 6.07) is 77.5. The molecule has 0 aliphatic heterocycles. The zero-order valence-corrected chi connectivity index (χ0v) is 41.8. The topological polar surface area (TPSA) is 81.0 Å². The summed E-state index contributed by atoms with van der Waals surface area (Å²) in [5, 5.41) is 21.2. The van der Waals surface area contributed by atoms with Crippen molar-refractivity contribution in [2.45, 2.75) is 38.5 Å². The van der Waals surface area contributed by atoms with Gasteiger partial charge in [0.05, 0.1) is 11.4 Å². The summed E-state index contributed by atoms with van der Waals surface area (Å²) in [5.41, 5.74) is 22.9. The van der Waals surface area contributed by atoms with E-state index in [0.29, 0.717) is 0 Å². The lowest BCUT2D eigenvalue weighted by Crippen LogP contribution is -2.16. The molecule has 75 heavy (non-hydrogen) atoms. The maximum atomic E-state index is 6.99. The predicted molar refractivity (Wildman–Crippen MR) is 303 cm³/mol. The summed E-state index contributed by atoms with van der Waals surface area (Å²) < 4.78 is 6.99. The molecule has 0 saturated heterocycles. The van der Waals surface area contributed by atoms with Crippen LogP contribution in [-0.2, 0) is 10.8 Å². The quantitative estimate of drug-likeness (QED) is 0.150. The Hall–Kier alpha value is -9.60. The van der Waals surface area contributed by atoms with Gasteiger partial charge in [-0.05, 0) is 166 Å². The molecule has 3 heterocycles. The molecule has 0 atom stereocenters. The molecule has 0 fully saturated rings. The molecule has 0 spiro atoms. The molecular formula is C66H48N8O. The number of fused-ring (bicyclic) bond motifs is 11. The number of anilines is 6. The SMILES string of the molecule is CC1(C)c2ccccc2-c2ccc(N(c3ccc(-n4nc5ccccc5n4)cc3)c3ccc4c(c3)oc3cc(N(c5ccc(-n6nc7ccccc7n6)cc5)c5ccc6c(c5)C(C)(C)c5ccccc5-6)ccc34)cc21. The molecule has 0 amide bonds. The third-order valence-electron chi connectivity index (χ3n) is 15.9. The Labute approximate surface area is 433 Å². The van der Waals surface area contributed by atoms with Crippen LogP contribution in [0.4, 0.5) is 34.1 Å². The summed E-state index contributed by atoms with van der Waals surface area (Å²) in [4.78, 5) is 8.08. The van der Waals surface area contributed by atoms with Crippen LogP contribution in [-0.4, -0.2) is 30.0 Å². The van der Waals surface area contributed by atoms with Gasteiger partial charge in [0.2, 0.25) is 0 Å². The van der Waals surface area contributed by atoms with E-state index in [1.807, 2.05) is 48.5 Å². The van der Waals surface area contributed by atoms with Gasteiger partial charge in [-0.3, -0.25) is 0 Å². The van der Waals surface area contributed by atoms with Gasteiger partial charge in [-0.25, -0.2) is 0 Å². The molecular weight excluding hydrogens is 921 g/mol. The van der Waals surface area contributed by atoms with Crippen LogP contribution in [0.25, 0.3) is 77.6 Å². The first-order chi connectivity index (χ1) is 36.6. The minimum atomic E-state index is -0.172. The normalized spacial score (nSPS) is 13.8. The highest BCUT2D eigenvalue weighted by Crippen LogP contribution is 2.53. The Morgan fingerprint density at radius 2 is 0.640 bits per heavy atom. The molecule has 10 aromatic carbocycles. The summed E-state index contributed by atoms with van der Waals surface area (Å²) in [6.45, 7) is 9.32. The second-order valence-electron chi connectivity index (χ2n) is 20.9. The Morgan fingerprint density at radius 1 is 0.320 bits per heavy atom. The van der Waals surface area contributed by atoms with Gasteiger partial charge in [0.15, 0.2) is 0 Å². The second-order valence-corrected chi connectivity index (χ2v) is 20.9. The predicted octanol–water partition coefficient (Wildman–Crippen LogP) is 16.6. The van der Waals surface area contributed by atoms with E-state index in [0.717, 1.165) is 89.5 Å². The van der Waals surface area contributed by atoms with Crippen LogP contribution < -0.4 is 9.80 Å². The van der Waals surface area contributed by atoms with Crippen molar-refractivity contribution >= 4 is 78.1 Å². The van der Waals surface area contributed by atoms with E-state index < -0.39 is 0 Å². The largest absolute Gasteiger partial charge is 0.456 e. The Kier molecular flexibility index (Phi) is 9.15. The maximum Gasteiger partial charge on any atom is 0.137 e. The van der Waals surface area contributed by atoms with Crippen molar-refractivity contribution in [2.24, 2.45) is 0 Å². The number of hydrogen-bond acceptors (Lipinski definition) is 7. The molecule has 13 aromatic rings. The van der Waals surface area contributed by atoms with E-state index in [4.69, 9.17) is 24.8 Å². The monoisotopic (exact) mass is 968 g/mol. The average Bonchev–Trinajstić information content (AvgIpc) is 4.31. The van der Waals surface area contributed by atoms with E-state index in [9.17, 15) is 0 Å². The van der Waals surface area contributed by atoms with Crippen LogP contribution in [0.1, 0.15) is 49.9 Å². The van der Waals surface area contributed by atoms with Gasteiger partial charge in [0.1, 0.15) is 33.2 Å². The van der Waals surface area contributed by atoms with Gasteiger partial charge >= 0.3 is 0 Å². The van der Waals surface area contributed by atoms with Crippen molar-refractivity contribution in [1.82, 2.24) is 30.0 Å². The van der Waals surface area contributed by atoms with E-state index in [1.54, 1.807) is 9.59 Å². The van der Waals surface area contributed by atoms with Crippen molar-refractivity contribution in [3.8, 4) is 33.6 Å². The first kappa shape index (κ1) is 43.0. The molecule has 0 saturated carbocycles. The molecule has 0 radical (unpaired) electrons. The lowest BCUT2D eigenvalue weighted by molar-refractivity contribution is 0.660. The molecule has 0 N–H and O–H groups in total. The molecule has 9 heteroatoms. The van der Waals surface area contributed by atoms with Crippen LogP contribution in [0.2, 0.25) is 0 Å². The number of furan rings is 1. The lowest BCUT2D eigenvalue weighted by atomic mass is 9.82. The number of aromatic nitrogens is 6. The standard InChI is InChI=1S/C66H48N8O/c1-65(2)55-15-7-5-13-49(55)51-33-29-45(37-57(51)65)71(41-21-25-43(26-22-41)73-67-59-17-9-10-18-60(59)68-73)47-31-35-53-54-36-32-48(40-64(54)75-63(53)39-47)72(42-23-27-44(28-24-42)74-69-61-19-11-12-20-62(61)70-74)46-30-34-52-50-14-6-8-16-56(50)66(3,4)58(52)38-46/h5-40H,1-4H3. The smallest absolute Gasteiger partial charge is 0.137 e. The van der Waals surface area contributed by atoms with Crippen molar-refractivity contribution in [3.63, 3.8) is 0 Å². The molecule has 9 nitrogen and oxygen atoms in total. The summed E-state index contributed by atoms with van der Waals surface area (Å²) in [7, 11) is 0. The zero-order valence-electron chi connectivity index (χ0n) is 41.8. The Bertz CT molecular complexity index is 4100. The molecule has 358 valence electrons. The van der Waals surface area contributed by atoms with Crippen LogP contribution in [0.15, 0.2) is 223 Å². The minimum absolute atomic E-state index is 0.172. The molecule has 2 aliphatic carbocycles. The van der Waals surface area contributed by atoms with E-state index >= 15 is 0 Å². The molecule has 0 unspecified atom stereocenters. The van der Waals surface area contributed by atoms with Gasteiger partial charge in [-0.2, -0.15) is 9.59 Å². The number of nitrogens with zero attached hydrogens (tertiary/aromatic N) is 8. The highest BCUT2D eigenvalue weighted by molar-refractivity contribution is 6.07. The fraction of sp³-hybridized carbons (Fsp3) is 0.0909.